The first kappa shape index (κ1) is 14.0. The molecule has 0 aliphatic heterocycles. The molecule has 0 aliphatic rings. The Morgan fingerprint density at radius 2 is 1.89 bits per heavy atom. The Bertz CT molecular complexity index is 590. The van der Waals surface area contributed by atoms with Gasteiger partial charge in [0.25, 0.3) is 0 Å². The molecular formula is C14H12BrF2NO. The lowest BCUT2D eigenvalue weighted by Crippen LogP contribution is -2.04. The highest BCUT2D eigenvalue weighted by Crippen LogP contribution is 2.24. The maximum atomic E-state index is 13.5. The van der Waals surface area contributed by atoms with Crippen LogP contribution < -0.4 is 10.5 Å². The van der Waals surface area contributed by atoms with E-state index in [1.807, 2.05) is 6.07 Å². The summed E-state index contributed by atoms with van der Waals surface area (Å²) in [7, 11) is 0. The maximum Gasteiger partial charge on any atom is 0.165 e. The lowest BCUT2D eigenvalue weighted by Gasteiger charge is -2.11. The van der Waals surface area contributed by atoms with Crippen LogP contribution in [0.15, 0.2) is 40.9 Å². The molecular weight excluding hydrogens is 316 g/mol. The molecule has 0 fully saturated rings. The molecule has 0 aromatic heterocycles. The molecule has 5 heteroatoms. The van der Waals surface area contributed by atoms with E-state index in [9.17, 15) is 8.78 Å². The van der Waals surface area contributed by atoms with E-state index in [4.69, 9.17) is 10.5 Å². The molecule has 0 amide bonds. The van der Waals surface area contributed by atoms with Gasteiger partial charge >= 0.3 is 0 Å². The molecule has 0 saturated carbocycles. The summed E-state index contributed by atoms with van der Waals surface area (Å²) in [6, 6.07) is 9.38. The summed E-state index contributed by atoms with van der Waals surface area (Å²) in [6.07, 6.45) is 0. The highest BCUT2D eigenvalue weighted by atomic mass is 79.9. The molecule has 0 unspecified atom stereocenters. The molecule has 0 saturated heterocycles. The van der Waals surface area contributed by atoms with Crippen LogP contribution in [0.5, 0.6) is 5.75 Å². The molecule has 0 bridgehead atoms. The van der Waals surface area contributed by atoms with Crippen molar-refractivity contribution in [2.75, 3.05) is 0 Å². The minimum Gasteiger partial charge on any atom is -0.488 e. The van der Waals surface area contributed by atoms with Gasteiger partial charge in [0, 0.05) is 22.1 Å². The third-order valence-electron chi connectivity index (χ3n) is 2.66. The van der Waals surface area contributed by atoms with E-state index in [1.54, 1.807) is 12.1 Å². The van der Waals surface area contributed by atoms with Gasteiger partial charge in [0.2, 0.25) is 0 Å². The second kappa shape index (κ2) is 6.12. The van der Waals surface area contributed by atoms with Gasteiger partial charge < -0.3 is 10.5 Å². The third kappa shape index (κ3) is 3.30. The summed E-state index contributed by atoms with van der Waals surface area (Å²) in [6.45, 7) is 0.263. The highest BCUT2D eigenvalue weighted by Gasteiger charge is 2.09. The Morgan fingerprint density at radius 3 is 2.63 bits per heavy atom. The summed E-state index contributed by atoms with van der Waals surface area (Å²) < 4.78 is 32.9. The summed E-state index contributed by atoms with van der Waals surface area (Å²) in [5.41, 5.74) is 6.58. The van der Waals surface area contributed by atoms with Crippen LogP contribution in [0, 0.1) is 11.6 Å². The zero-order chi connectivity index (χ0) is 13.8. The van der Waals surface area contributed by atoms with Crippen LogP contribution >= 0.6 is 15.9 Å². The third-order valence-corrected chi connectivity index (χ3v) is 3.15. The number of halogens is 3. The molecule has 0 radical (unpaired) electrons. The zero-order valence-electron chi connectivity index (χ0n) is 10.00. The van der Waals surface area contributed by atoms with Crippen LogP contribution in [0.25, 0.3) is 0 Å². The van der Waals surface area contributed by atoms with Gasteiger partial charge in [0.15, 0.2) is 11.6 Å². The van der Waals surface area contributed by atoms with E-state index < -0.39 is 11.6 Å². The summed E-state index contributed by atoms with van der Waals surface area (Å²) in [4.78, 5) is 0. The minimum atomic E-state index is -0.881. The maximum absolute atomic E-state index is 13.5. The smallest absolute Gasteiger partial charge is 0.165 e. The fourth-order valence-electron chi connectivity index (χ4n) is 1.66. The van der Waals surface area contributed by atoms with Gasteiger partial charge in [-0.25, -0.2) is 8.78 Å². The Balaban J connectivity index is 2.17. The van der Waals surface area contributed by atoms with Crippen molar-refractivity contribution in [2.24, 2.45) is 5.73 Å². The Hall–Kier alpha value is -1.46. The number of benzene rings is 2. The lowest BCUT2D eigenvalue weighted by molar-refractivity contribution is 0.294. The number of ether oxygens (including phenoxy) is 1. The number of rotatable bonds is 4. The number of hydrogen-bond donors (Lipinski definition) is 1. The van der Waals surface area contributed by atoms with Crippen molar-refractivity contribution in [3.05, 3.63) is 63.6 Å². The van der Waals surface area contributed by atoms with E-state index in [2.05, 4.69) is 15.9 Å². The van der Waals surface area contributed by atoms with Gasteiger partial charge in [0.05, 0.1) is 0 Å². The van der Waals surface area contributed by atoms with E-state index in [1.165, 1.54) is 12.1 Å². The van der Waals surface area contributed by atoms with Gasteiger partial charge in [-0.1, -0.05) is 28.1 Å². The normalized spacial score (nSPS) is 10.5. The SMILES string of the molecule is NCc1cc(Br)ccc1OCc1cccc(F)c1F. The largest absolute Gasteiger partial charge is 0.488 e. The van der Waals surface area contributed by atoms with E-state index in [0.29, 0.717) is 12.3 Å². The Morgan fingerprint density at radius 1 is 1.11 bits per heavy atom. The van der Waals surface area contributed by atoms with Crippen LogP contribution in [0.1, 0.15) is 11.1 Å². The Labute approximate surface area is 118 Å². The second-order valence-electron chi connectivity index (χ2n) is 3.96. The van der Waals surface area contributed by atoms with Crippen molar-refractivity contribution in [2.45, 2.75) is 13.2 Å². The molecule has 0 atom stereocenters. The predicted molar refractivity (Wildman–Crippen MR) is 72.7 cm³/mol. The van der Waals surface area contributed by atoms with Crippen molar-refractivity contribution >= 4 is 15.9 Å². The molecule has 0 spiro atoms. The first-order valence-electron chi connectivity index (χ1n) is 5.66. The van der Waals surface area contributed by atoms with E-state index in [-0.39, 0.29) is 12.2 Å². The van der Waals surface area contributed by atoms with Crippen molar-refractivity contribution in [1.82, 2.24) is 0 Å². The first-order chi connectivity index (χ1) is 9.11. The van der Waals surface area contributed by atoms with Crippen LogP contribution in [0.3, 0.4) is 0 Å². The van der Waals surface area contributed by atoms with Gasteiger partial charge in [-0.2, -0.15) is 0 Å². The molecule has 2 rings (SSSR count). The van der Waals surface area contributed by atoms with Crippen LogP contribution in [0.2, 0.25) is 0 Å². The van der Waals surface area contributed by atoms with Gasteiger partial charge in [-0.3, -0.25) is 0 Å². The second-order valence-corrected chi connectivity index (χ2v) is 4.87. The average molecular weight is 328 g/mol. The van der Waals surface area contributed by atoms with Crippen LogP contribution in [-0.2, 0) is 13.2 Å². The molecule has 0 aliphatic carbocycles. The van der Waals surface area contributed by atoms with Crippen molar-refractivity contribution < 1.29 is 13.5 Å². The van der Waals surface area contributed by atoms with Crippen LogP contribution in [0.4, 0.5) is 8.78 Å². The minimum absolute atomic E-state index is 0.0434. The molecule has 100 valence electrons. The van der Waals surface area contributed by atoms with Crippen molar-refractivity contribution in [3.8, 4) is 5.75 Å². The summed E-state index contributed by atoms with van der Waals surface area (Å²) in [5, 5.41) is 0. The monoisotopic (exact) mass is 327 g/mol. The molecule has 2 nitrogen and oxygen atoms in total. The molecule has 19 heavy (non-hydrogen) atoms. The fourth-order valence-corrected chi connectivity index (χ4v) is 2.07. The zero-order valence-corrected chi connectivity index (χ0v) is 11.6. The quantitative estimate of drug-likeness (QED) is 0.927. The standard InChI is InChI=1S/C14H12BrF2NO/c15-11-4-5-13(10(6-11)7-18)19-8-9-2-1-3-12(16)14(9)17/h1-6H,7-8,18H2. The highest BCUT2D eigenvalue weighted by molar-refractivity contribution is 9.10. The molecule has 2 N–H and O–H groups in total. The number of hydrogen-bond acceptors (Lipinski definition) is 2. The van der Waals surface area contributed by atoms with Gasteiger partial charge in [-0.05, 0) is 24.3 Å². The first-order valence-corrected chi connectivity index (χ1v) is 6.45. The van der Waals surface area contributed by atoms with Gasteiger partial charge in [-0.15, -0.1) is 0 Å². The topological polar surface area (TPSA) is 35.2 Å². The van der Waals surface area contributed by atoms with Crippen molar-refractivity contribution in [3.63, 3.8) is 0 Å². The fraction of sp³-hybridized carbons (Fsp3) is 0.143. The molecule has 0 heterocycles. The predicted octanol–water partition coefficient (Wildman–Crippen LogP) is 3.77. The summed E-state index contributed by atoms with van der Waals surface area (Å²) in [5.74, 6) is -1.20. The Kier molecular flexibility index (Phi) is 4.50. The summed E-state index contributed by atoms with van der Waals surface area (Å²) >= 11 is 3.33. The lowest BCUT2D eigenvalue weighted by atomic mass is 10.2. The van der Waals surface area contributed by atoms with E-state index in [0.717, 1.165) is 16.1 Å². The van der Waals surface area contributed by atoms with Crippen molar-refractivity contribution in [1.29, 1.82) is 0 Å². The van der Waals surface area contributed by atoms with Gasteiger partial charge in [0.1, 0.15) is 12.4 Å². The average Bonchev–Trinajstić information content (AvgIpc) is 2.41. The van der Waals surface area contributed by atoms with E-state index >= 15 is 0 Å². The molecule has 2 aromatic carbocycles. The van der Waals surface area contributed by atoms with Crippen LogP contribution in [-0.4, -0.2) is 0 Å². The molecule has 2 aromatic rings. The number of nitrogens with two attached hydrogens (primary N) is 1.